The molecule has 1 saturated carbocycles. The highest BCUT2D eigenvalue weighted by atomic mass is 35.5. The Hall–Kier alpha value is -2.91. The molecule has 2 aromatic carbocycles. The first-order valence-electron chi connectivity index (χ1n) is 12.7. The molecule has 206 valence electrons. The van der Waals surface area contributed by atoms with Crippen LogP contribution in [0, 0.1) is 5.92 Å². The number of hydrogen-bond acceptors (Lipinski definition) is 6. The summed E-state index contributed by atoms with van der Waals surface area (Å²) in [5, 5.41) is 14.5. The molecular formula is C29H30Cl2N2O5S. The number of ether oxygens (including phenoxy) is 2. The number of thiazole rings is 1. The van der Waals surface area contributed by atoms with Crippen molar-refractivity contribution in [1.82, 2.24) is 4.98 Å². The number of hydrogen-bond donors (Lipinski definition) is 2. The Bertz CT molecular complexity index is 1360. The SMILES string of the molecule is COc1c(CCCOCC2CCC2)cccc1-c1csc(NC(=O)c2cc(Cl)c(C=C(C)C(=O)O)c(Cl)c2)n1. The van der Waals surface area contributed by atoms with Crippen molar-refractivity contribution < 1.29 is 24.2 Å². The summed E-state index contributed by atoms with van der Waals surface area (Å²) in [4.78, 5) is 28.6. The summed E-state index contributed by atoms with van der Waals surface area (Å²) >= 11 is 13.9. The summed E-state index contributed by atoms with van der Waals surface area (Å²) in [6.45, 7) is 3.02. The molecule has 0 saturated heterocycles. The molecule has 1 aliphatic carbocycles. The number of nitrogens with one attached hydrogen (secondary N) is 1. The fourth-order valence-electron chi connectivity index (χ4n) is 4.25. The van der Waals surface area contributed by atoms with Crippen molar-refractivity contribution >= 4 is 57.6 Å². The maximum Gasteiger partial charge on any atom is 0.331 e. The molecule has 10 heteroatoms. The van der Waals surface area contributed by atoms with E-state index in [4.69, 9.17) is 37.8 Å². The predicted molar refractivity (Wildman–Crippen MR) is 156 cm³/mol. The molecule has 1 fully saturated rings. The third-order valence-electron chi connectivity index (χ3n) is 6.65. The second-order valence-corrected chi connectivity index (χ2v) is 11.1. The molecule has 0 spiro atoms. The van der Waals surface area contributed by atoms with Crippen LogP contribution in [-0.2, 0) is 16.0 Å². The molecule has 1 aromatic heterocycles. The average molecular weight is 590 g/mol. The Morgan fingerprint density at radius 2 is 1.97 bits per heavy atom. The molecule has 2 N–H and O–H groups in total. The number of halogens is 2. The summed E-state index contributed by atoms with van der Waals surface area (Å²) in [7, 11) is 1.65. The third-order valence-corrected chi connectivity index (χ3v) is 8.04. The summed E-state index contributed by atoms with van der Waals surface area (Å²) < 4.78 is 11.6. The van der Waals surface area contributed by atoms with E-state index in [0.29, 0.717) is 16.4 Å². The highest BCUT2D eigenvalue weighted by molar-refractivity contribution is 7.14. The number of carboxylic acids is 1. The number of nitrogens with zero attached hydrogens (tertiary/aromatic N) is 1. The molecule has 7 nitrogen and oxygen atoms in total. The highest BCUT2D eigenvalue weighted by Crippen LogP contribution is 2.36. The Morgan fingerprint density at radius 1 is 1.23 bits per heavy atom. The standard InChI is InChI=1S/C29H30Cl2N2O5S/c1-17(28(35)36)12-22-23(30)13-20(14-24(22)31)27(34)33-29-32-25(16-39-29)21-10-4-8-19(26(21)37-2)9-5-11-38-15-18-6-3-7-18/h4,8,10,12-14,16,18H,3,5-7,9,11,15H2,1-2H3,(H,35,36)(H,32,33,34). The minimum absolute atomic E-state index is 0.0723. The molecule has 1 amide bonds. The molecule has 0 aliphatic heterocycles. The molecule has 0 bridgehead atoms. The van der Waals surface area contributed by atoms with Crippen molar-refractivity contribution in [3.8, 4) is 17.0 Å². The summed E-state index contributed by atoms with van der Waals surface area (Å²) in [5.74, 6) is -0.0222. The monoisotopic (exact) mass is 588 g/mol. The number of carboxylic acid groups (broad SMARTS) is 1. The van der Waals surface area contributed by atoms with Gasteiger partial charge in [-0.25, -0.2) is 9.78 Å². The first-order valence-corrected chi connectivity index (χ1v) is 14.3. The van der Waals surface area contributed by atoms with Crippen LogP contribution in [-0.4, -0.2) is 42.3 Å². The molecule has 1 aliphatic rings. The highest BCUT2D eigenvalue weighted by Gasteiger charge is 2.19. The van der Waals surface area contributed by atoms with Crippen LogP contribution in [0.5, 0.6) is 5.75 Å². The van der Waals surface area contributed by atoms with Gasteiger partial charge in [-0.3, -0.25) is 10.1 Å². The van der Waals surface area contributed by atoms with Gasteiger partial charge in [0.1, 0.15) is 5.75 Å². The number of amides is 1. The van der Waals surface area contributed by atoms with Crippen LogP contribution in [0.15, 0.2) is 41.3 Å². The number of carbonyl (C=O) groups excluding carboxylic acids is 1. The van der Waals surface area contributed by atoms with E-state index >= 15 is 0 Å². The summed E-state index contributed by atoms with van der Waals surface area (Å²) in [6, 6.07) is 8.86. The largest absolute Gasteiger partial charge is 0.496 e. The predicted octanol–water partition coefficient (Wildman–Crippen LogP) is 7.62. The van der Waals surface area contributed by atoms with Crippen LogP contribution in [0.1, 0.15) is 54.1 Å². The lowest BCUT2D eigenvalue weighted by atomic mass is 9.86. The van der Waals surface area contributed by atoms with Gasteiger partial charge in [0, 0.05) is 40.9 Å². The molecule has 3 aromatic rings. The first-order chi connectivity index (χ1) is 18.8. The maximum absolute atomic E-state index is 12.9. The number of anilines is 1. The normalized spacial score (nSPS) is 13.7. The fourth-order valence-corrected chi connectivity index (χ4v) is 5.56. The number of aliphatic carboxylic acids is 1. The van der Waals surface area contributed by atoms with Crippen LogP contribution in [0.2, 0.25) is 10.0 Å². The van der Waals surface area contributed by atoms with Gasteiger partial charge in [-0.15, -0.1) is 11.3 Å². The minimum Gasteiger partial charge on any atom is -0.496 e. The van der Waals surface area contributed by atoms with Gasteiger partial charge in [-0.05, 0) is 68.4 Å². The average Bonchev–Trinajstić information content (AvgIpc) is 3.34. The van der Waals surface area contributed by atoms with E-state index in [1.165, 1.54) is 55.7 Å². The number of benzene rings is 2. The van der Waals surface area contributed by atoms with E-state index in [-0.39, 0.29) is 21.2 Å². The summed E-state index contributed by atoms with van der Waals surface area (Å²) in [5.41, 5.74) is 3.25. The maximum atomic E-state index is 12.9. The van der Waals surface area contributed by atoms with Crippen molar-refractivity contribution in [3.05, 3.63) is 68.0 Å². The summed E-state index contributed by atoms with van der Waals surface area (Å²) in [6.07, 6.45) is 6.99. The molecule has 4 rings (SSSR count). The Morgan fingerprint density at radius 3 is 2.62 bits per heavy atom. The van der Waals surface area contributed by atoms with Gasteiger partial charge in [-0.2, -0.15) is 0 Å². The number of para-hydroxylation sites is 1. The van der Waals surface area contributed by atoms with Crippen LogP contribution in [0.25, 0.3) is 17.3 Å². The van der Waals surface area contributed by atoms with Gasteiger partial charge in [-0.1, -0.05) is 41.8 Å². The van der Waals surface area contributed by atoms with Crippen LogP contribution in [0.4, 0.5) is 5.13 Å². The first kappa shape index (κ1) is 29.1. The lowest BCUT2D eigenvalue weighted by molar-refractivity contribution is -0.132. The van der Waals surface area contributed by atoms with Crippen LogP contribution in [0.3, 0.4) is 0 Å². The van der Waals surface area contributed by atoms with Crippen molar-refractivity contribution in [1.29, 1.82) is 0 Å². The van der Waals surface area contributed by atoms with Gasteiger partial charge in [0.15, 0.2) is 5.13 Å². The fraction of sp³-hybridized carbons (Fsp3) is 0.345. The number of carbonyl (C=O) groups is 2. The minimum atomic E-state index is -1.08. The quantitative estimate of drug-likeness (QED) is 0.167. The molecule has 0 unspecified atom stereocenters. The smallest absolute Gasteiger partial charge is 0.331 e. The second kappa shape index (κ2) is 13.4. The van der Waals surface area contributed by atoms with Crippen molar-refractivity contribution in [2.24, 2.45) is 5.92 Å². The zero-order valence-corrected chi connectivity index (χ0v) is 24.1. The van der Waals surface area contributed by atoms with E-state index < -0.39 is 11.9 Å². The molecule has 0 radical (unpaired) electrons. The molecular weight excluding hydrogens is 559 g/mol. The van der Waals surface area contributed by atoms with Gasteiger partial charge in [0.2, 0.25) is 0 Å². The van der Waals surface area contributed by atoms with Crippen molar-refractivity contribution in [2.75, 3.05) is 25.6 Å². The number of aryl methyl sites for hydroxylation is 1. The molecule has 39 heavy (non-hydrogen) atoms. The topological polar surface area (TPSA) is 97.8 Å². The number of methoxy groups -OCH3 is 1. The molecule has 1 heterocycles. The molecule has 0 atom stereocenters. The van der Waals surface area contributed by atoms with E-state index in [9.17, 15) is 9.59 Å². The lowest BCUT2D eigenvalue weighted by Gasteiger charge is -2.24. The van der Waals surface area contributed by atoms with E-state index in [0.717, 1.165) is 48.8 Å². The van der Waals surface area contributed by atoms with Crippen molar-refractivity contribution in [2.45, 2.75) is 39.0 Å². The van der Waals surface area contributed by atoms with E-state index in [1.54, 1.807) is 7.11 Å². The lowest BCUT2D eigenvalue weighted by Crippen LogP contribution is -2.17. The van der Waals surface area contributed by atoms with E-state index in [2.05, 4.69) is 10.3 Å². The van der Waals surface area contributed by atoms with Crippen molar-refractivity contribution in [3.63, 3.8) is 0 Å². The van der Waals surface area contributed by atoms with Gasteiger partial charge in [0.05, 0.1) is 22.8 Å². The third kappa shape index (κ3) is 7.39. The Kier molecular flexibility index (Phi) is 10.0. The zero-order chi connectivity index (χ0) is 27.9. The second-order valence-electron chi connectivity index (χ2n) is 9.45. The Labute approximate surface area is 241 Å². The number of rotatable bonds is 12. The number of aromatic nitrogens is 1. The van der Waals surface area contributed by atoms with Gasteiger partial charge in [0.25, 0.3) is 5.91 Å². The Balaban J connectivity index is 1.43. The van der Waals surface area contributed by atoms with Gasteiger partial charge < -0.3 is 14.6 Å². The van der Waals surface area contributed by atoms with Gasteiger partial charge >= 0.3 is 5.97 Å². The van der Waals surface area contributed by atoms with Crippen LogP contribution >= 0.6 is 34.5 Å². The zero-order valence-electron chi connectivity index (χ0n) is 21.8. The van der Waals surface area contributed by atoms with E-state index in [1.807, 2.05) is 23.6 Å². The van der Waals surface area contributed by atoms with Crippen LogP contribution < -0.4 is 10.1 Å².